The second-order valence-electron chi connectivity index (χ2n) is 9.30. The Balaban J connectivity index is 1.57. The van der Waals surface area contributed by atoms with Crippen LogP contribution in [0, 0.1) is 13.8 Å². The number of benzene rings is 2. The highest BCUT2D eigenvalue weighted by Crippen LogP contribution is 2.19. The lowest BCUT2D eigenvalue weighted by Crippen LogP contribution is -2.42. The fourth-order valence-electron chi connectivity index (χ4n) is 4.24. The number of aryl methyl sites for hydroxylation is 2. The van der Waals surface area contributed by atoms with Gasteiger partial charge >= 0.3 is 0 Å². The Kier molecular flexibility index (Phi) is 8.76. The molecule has 198 valence electrons. The van der Waals surface area contributed by atoms with Gasteiger partial charge in [-0.25, -0.2) is 16.8 Å². The van der Waals surface area contributed by atoms with E-state index >= 15 is 0 Å². The largest absolute Gasteiger partial charge is 0.314 e. The van der Waals surface area contributed by atoms with Crippen LogP contribution in [0.2, 0.25) is 0 Å². The Morgan fingerprint density at radius 2 is 1.03 bits per heavy atom. The highest BCUT2D eigenvalue weighted by Gasteiger charge is 2.26. The van der Waals surface area contributed by atoms with Crippen molar-refractivity contribution in [2.75, 3.05) is 39.3 Å². The number of sulfonamides is 2. The van der Waals surface area contributed by atoms with Crippen molar-refractivity contribution < 1.29 is 16.8 Å². The van der Waals surface area contributed by atoms with E-state index in [1.165, 1.54) is 8.61 Å². The van der Waals surface area contributed by atoms with E-state index in [9.17, 15) is 16.8 Å². The van der Waals surface area contributed by atoms with Gasteiger partial charge in [-0.2, -0.15) is 8.61 Å². The first-order valence-corrected chi connectivity index (χ1v) is 15.3. The molecule has 10 heteroatoms. The average molecular weight is 543 g/mol. The third-order valence-corrected chi connectivity index (χ3v) is 10.3. The van der Waals surface area contributed by atoms with Crippen LogP contribution in [0.15, 0.2) is 76.5 Å². The molecule has 0 radical (unpaired) electrons. The highest BCUT2D eigenvalue weighted by molar-refractivity contribution is 7.89. The molecule has 0 saturated carbocycles. The van der Waals surface area contributed by atoms with Crippen molar-refractivity contribution in [3.8, 4) is 0 Å². The zero-order chi connectivity index (χ0) is 26.5. The van der Waals surface area contributed by atoms with Crippen LogP contribution in [-0.4, -0.2) is 69.7 Å². The van der Waals surface area contributed by atoms with Crippen molar-refractivity contribution in [2.45, 2.75) is 36.5 Å². The number of hydrogen-bond acceptors (Lipinski definition) is 6. The Morgan fingerprint density at radius 1 is 0.622 bits per heavy atom. The van der Waals surface area contributed by atoms with Gasteiger partial charge in [-0.1, -0.05) is 41.5 Å². The van der Waals surface area contributed by atoms with E-state index in [2.05, 4.69) is 5.32 Å². The molecule has 3 aromatic rings. The summed E-state index contributed by atoms with van der Waals surface area (Å²) in [7, 11) is -7.38. The number of aromatic nitrogens is 1. The van der Waals surface area contributed by atoms with Crippen molar-refractivity contribution in [2.24, 2.45) is 0 Å². The summed E-state index contributed by atoms with van der Waals surface area (Å²) in [5.41, 5.74) is 3.54. The van der Waals surface area contributed by atoms with Gasteiger partial charge in [0.25, 0.3) is 0 Å². The van der Waals surface area contributed by atoms with Crippen LogP contribution in [0.5, 0.6) is 0 Å². The van der Waals surface area contributed by atoms with E-state index in [0.29, 0.717) is 39.0 Å². The summed E-state index contributed by atoms with van der Waals surface area (Å²) in [4.78, 5) is 5.22. The van der Waals surface area contributed by atoms with Gasteiger partial charge in [-0.3, -0.25) is 4.98 Å². The molecule has 0 unspecified atom stereocenters. The molecule has 0 amide bonds. The summed E-state index contributed by atoms with van der Waals surface area (Å²) >= 11 is 0. The first kappa shape index (κ1) is 27.4. The standard InChI is InChI=1S/C27H34N4O4S2/c1-22-6-10-26(11-7-22)36(32,33)30-18-14-24-4-3-5-25(29-24)15-19-31(21-17-28-16-20-30)37(34,35)27-12-8-23(2)9-13-27/h3-13,28H,14-21H2,1-2H3. The predicted molar refractivity (Wildman–Crippen MR) is 144 cm³/mol. The molecule has 2 aromatic carbocycles. The van der Waals surface area contributed by atoms with Crippen LogP contribution >= 0.6 is 0 Å². The molecule has 1 aromatic heterocycles. The Bertz CT molecular complexity index is 1300. The molecule has 2 bridgehead atoms. The Labute approximate surface area is 220 Å². The smallest absolute Gasteiger partial charge is 0.243 e. The predicted octanol–water partition coefficient (Wildman–Crippen LogP) is 2.77. The summed E-state index contributed by atoms with van der Waals surface area (Å²) in [6, 6.07) is 19.4. The fourth-order valence-corrected chi connectivity index (χ4v) is 7.12. The summed E-state index contributed by atoms with van der Waals surface area (Å²) in [6.07, 6.45) is 0.925. The average Bonchev–Trinajstić information content (AvgIpc) is 2.87. The molecule has 37 heavy (non-hydrogen) atoms. The molecule has 1 aliphatic heterocycles. The van der Waals surface area contributed by atoms with Crippen molar-refractivity contribution in [1.29, 1.82) is 0 Å². The molecular formula is C27H34N4O4S2. The maximum absolute atomic E-state index is 13.4. The van der Waals surface area contributed by atoms with Crippen LogP contribution in [-0.2, 0) is 32.9 Å². The normalized spacial score (nSPS) is 17.2. The monoisotopic (exact) mass is 542 g/mol. The van der Waals surface area contributed by atoms with Crippen LogP contribution in [0.4, 0.5) is 0 Å². The number of fused-ring (bicyclic) bond motifs is 2. The lowest BCUT2D eigenvalue weighted by molar-refractivity contribution is 0.383. The van der Waals surface area contributed by atoms with Gasteiger partial charge < -0.3 is 5.32 Å². The molecule has 0 spiro atoms. The molecule has 0 saturated heterocycles. The van der Waals surface area contributed by atoms with Gasteiger partial charge in [-0.15, -0.1) is 0 Å². The highest BCUT2D eigenvalue weighted by atomic mass is 32.2. The molecule has 0 fully saturated rings. The van der Waals surface area contributed by atoms with Crippen molar-refractivity contribution in [1.82, 2.24) is 18.9 Å². The summed E-state index contributed by atoms with van der Waals surface area (Å²) in [5.74, 6) is 0. The van der Waals surface area contributed by atoms with Crippen LogP contribution < -0.4 is 5.32 Å². The number of nitrogens with one attached hydrogen (secondary N) is 1. The first-order valence-electron chi connectivity index (χ1n) is 12.5. The molecule has 0 aliphatic carbocycles. The Morgan fingerprint density at radius 3 is 1.43 bits per heavy atom. The molecule has 1 aliphatic rings. The van der Waals surface area contributed by atoms with E-state index in [0.717, 1.165) is 22.5 Å². The van der Waals surface area contributed by atoms with Crippen LogP contribution in [0.3, 0.4) is 0 Å². The fraction of sp³-hybridized carbons (Fsp3) is 0.370. The maximum Gasteiger partial charge on any atom is 0.243 e. The van der Waals surface area contributed by atoms with Gasteiger partial charge in [0.15, 0.2) is 0 Å². The molecule has 8 nitrogen and oxygen atoms in total. The quantitative estimate of drug-likeness (QED) is 0.544. The molecule has 1 N–H and O–H groups in total. The minimum Gasteiger partial charge on any atom is -0.314 e. The summed E-state index contributed by atoms with van der Waals surface area (Å²) < 4.78 is 56.6. The van der Waals surface area contributed by atoms with Gasteiger partial charge in [0.2, 0.25) is 20.0 Å². The molecule has 0 atom stereocenters. The maximum atomic E-state index is 13.4. The second kappa shape index (κ2) is 11.8. The zero-order valence-electron chi connectivity index (χ0n) is 21.3. The lowest BCUT2D eigenvalue weighted by atomic mass is 10.2. The topological polar surface area (TPSA) is 99.7 Å². The molecule has 2 heterocycles. The van der Waals surface area contributed by atoms with Crippen LogP contribution in [0.1, 0.15) is 22.5 Å². The van der Waals surface area contributed by atoms with Gasteiger partial charge in [-0.05, 0) is 50.2 Å². The number of nitrogens with zero attached hydrogens (tertiary/aromatic N) is 3. The molecule has 4 rings (SSSR count). The number of rotatable bonds is 4. The summed E-state index contributed by atoms with van der Waals surface area (Å²) in [6.45, 7) is 5.78. The summed E-state index contributed by atoms with van der Waals surface area (Å²) in [5, 5.41) is 3.24. The zero-order valence-corrected chi connectivity index (χ0v) is 22.9. The lowest BCUT2D eigenvalue weighted by Gasteiger charge is -2.25. The SMILES string of the molecule is Cc1ccc(S(=O)(=O)N2CCNCCN(S(=O)(=O)c3ccc(C)cc3)CCc3cccc(n3)CC2)cc1. The van der Waals surface area contributed by atoms with Crippen LogP contribution in [0.25, 0.3) is 0 Å². The van der Waals surface area contributed by atoms with E-state index < -0.39 is 20.0 Å². The third-order valence-electron chi connectivity index (χ3n) is 6.49. The van der Waals surface area contributed by atoms with E-state index in [1.54, 1.807) is 48.5 Å². The van der Waals surface area contributed by atoms with E-state index in [4.69, 9.17) is 4.98 Å². The first-order chi connectivity index (χ1) is 17.7. The minimum atomic E-state index is -3.69. The van der Waals surface area contributed by atoms with E-state index in [-0.39, 0.29) is 22.9 Å². The molecular weight excluding hydrogens is 508 g/mol. The van der Waals surface area contributed by atoms with Gasteiger partial charge in [0, 0.05) is 63.5 Å². The number of pyridine rings is 1. The second-order valence-corrected chi connectivity index (χ2v) is 13.2. The third kappa shape index (κ3) is 6.82. The van der Waals surface area contributed by atoms with Crippen molar-refractivity contribution >= 4 is 20.0 Å². The Hall–Kier alpha value is -2.63. The number of hydrogen-bond donors (Lipinski definition) is 1. The minimum absolute atomic E-state index is 0.260. The van der Waals surface area contributed by atoms with Crippen molar-refractivity contribution in [3.05, 3.63) is 89.2 Å². The van der Waals surface area contributed by atoms with E-state index in [1.807, 2.05) is 32.0 Å². The van der Waals surface area contributed by atoms with Gasteiger partial charge in [0.1, 0.15) is 0 Å². The van der Waals surface area contributed by atoms with Crippen molar-refractivity contribution in [3.63, 3.8) is 0 Å². The van der Waals surface area contributed by atoms with Gasteiger partial charge in [0.05, 0.1) is 9.79 Å².